The molecule has 5 nitrogen and oxygen atoms in total. The predicted molar refractivity (Wildman–Crippen MR) is 34.6 cm³/mol. The first-order valence-electron chi connectivity index (χ1n) is 3.42. The maximum Gasteiger partial charge on any atom is 0.216 e. The first-order chi connectivity index (χ1) is 5.08. The van der Waals surface area contributed by atoms with Gasteiger partial charge in [0, 0.05) is 6.42 Å². The normalized spacial score (nSPS) is 45.8. The van der Waals surface area contributed by atoms with Crippen molar-refractivity contribution in [3.05, 3.63) is 0 Å². The van der Waals surface area contributed by atoms with Gasteiger partial charge in [0.2, 0.25) is 5.79 Å². The Kier molecular flexibility index (Phi) is 2.46. The quantitative estimate of drug-likeness (QED) is 0.353. The molecule has 1 rings (SSSR count). The largest absolute Gasteiger partial charge is 0.391 e. The number of rotatable bonds is 1. The molecule has 1 fully saturated rings. The zero-order chi connectivity index (χ0) is 8.48. The van der Waals surface area contributed by atoms with Crippen molar-refractivity contribution in [1.29, 1.82) is 0 Å². The third-order valence-corrected chi connectivity index (χ3v) is 1.77. The molecule has 0 amide bonds. The van der Waals surface area contributed by atoms with E-state index < -0.39 is 24.6 Å². The molecule has 66 valence electrons. The lowest BCUT2D eigenvalue weighted by Crippen LogP contribution is -2.54. The average molecular weight is 164 g/mol. The van der Waals surface area contributed by atoms with E-state index in [4.69, 9.17) is 15.3 Å². The Morgan fingerprint density at radius 3 is 2.55 bits per heavy atom. The topological polar surface area (TPSA) is 90.2 Å². The van der Waals surface area contributed by atoms with Crippen molar-refractivity contribution in [3.8, 4) is 0 Å². The highest BCUT2D eigenvalue weighted by molar-refractivity contribution is 4.83. The minimum Gasteiger partial charge on any atom is -0.391 e. The third-order valence-electron chi connectivity index (χ3n) is 1.77. The number of aliphatic hydroxyl groups excluding tert-OH is 3. The molecule has 0 aromatic carbocycles. The van der Waals surface area contributed by atoms with E-state index in [2.05, 4.69) is 4.74 Å². The molecule has 3 atom stereocenters. The van der Waals surface area contributed by atoms with Crippen LogP contribution in [0.1, 0.15) is 6.42 Å². The summed E-state index contributed by atoms with van der Waals surface area (Å²) >= 11 is 0. The summed E-state index contributed by atoms with van der Waals surface area (Å²) in [6, 6.07) is 0. The minimum absolute atomic E-state index is 0.0249. The van der Waals surface area contributed by atoms with Crippen LogP contribution in [0.4, 0.5) is 0 Å². The van der Waals surface area contributed by atoms with Gasteiger partial charge in [0.15, 0.2) is 0 Å². The molecule has 0 spiro atoms. The summed E-state index contributed by atoms with van der Waals surface area (Å²) in [6.07, 6.45) is -1.97. The molecule has 1 heterocycles. The second-order valence-electron chi connectivity index (χ2n) is 2.72. The molecule has 0 radical (unpaired) electrons. The monoisotopic (exact) mass is 164 g/mol. The lowest BCUT2D eigenvalue weighted by Gasteiger charge is -2.37. The standard InChI is InChI=1S/C6H12O5/c7-3-6(10)5(9)1-4(8)2-11-6/h4-5,7-10H,1-3H2/t4-,5-,6+/m0/s1. The van der Waals surface area contributed by atoms with Crippen molar-refractivity contribution >= 4 is 0 Å². The van der Waals surface area contributed by atoms with Crippen molar-refractivity contribution in [2.24, 2.45) is 0 Å². The summed E-state index contributed by atoms with van der Waals surface area (Å²) in [5.74, 6) is -1.89. The van der Waals surface area contributed by atoms with Gasteiger partial charge in [-0.25, -0.2) is 0 Å². The van der Waals surface area contributed by atoms with Crippen LogP contribution in [0.5, 0.6) is 0 Å². The molecule has 0 unspecified atom stereocenters. The molecule has 1 saturated heterocycles. The molecule has 0 bridgehead atoms. The summed E-state index contributed by atoms with van der Waals surface area (Å²) in [5, 5.41) is 35.9. The van der Waals surface area contributed by atoms with Crippen LogP contribution in [-0.4, -0.2) is 51.6 Å². The summed E-state index contributed by atoms with van der Waals surface area (Å²) in [5.41, 5.74) is 0. The van der Waals surface area contributed by atoms with Crippen molar-refractivity contribution in [1.82, 2.24) is 0 Å². The molecule has 1 aliphatic heterocycles. The van der Waals surface area contributed by atoms with Crippen LogP contribution in [0, 0.1) is 0 Å². The molecule has 0 aromatic heterocycles. The Morgan fingerprint density at radius 1 is 1.45 bits per heavy atom. The molecule has 0 aliphatic carbocycles. The smallest absolute Gasteiger partial charge is 0.216 e. The lowest BCUT2D eigenvalue weighted by molar-refractivity contribution is -0.305. The molecular formula is C6H12O5. The fourth-order valence-electron chi connectivity index (χ4n) is 0.998. The van der Waals surface area contributed by atoms with Gasteiger partial charge in [0.1, 0.15) is 6.10 Å². The van der Waals surface area contributed by atoms with Gasteiger partial charge >= 0.3 is 0 Å². The fourth-order valence-corrected chi connectivity index (χ4v) is 0.998. The number of aliphatic hydroxyl groups is 4. The highest BCUT2D eigenvalue weighted by atomic mass is 16.7. The maximum absolute atomic E-state index is 9.23. The second-order valence-corrected chi connectivity index (χ2v) is 2.72. The zero-order valence-corrected chi connectivity index (χ0v) is 5.97. The summed E-state index contributed by atoms with van der Waals surface area (Å²) in [6.45, 7) is -0.727. The molecule has 4 N–H and O–H groups in total. The van der Waals surface area contributed by atoms with E-state index in [1.165, 1.54) is 0 Å². The van der Waals surface area contributed by atoms with Crippen LogP contribution in [-0.2, 0) is 4.74 Å². The van der Waals surface area contributed by atoms with Crippen LogP contribution >= 0.6 is 0 Å². The van der Waals surface area contributed by atoms with E-state index in [1.54, 1.807) is 0 Å². The van der Waals surface area contributed by atoms with Crippen LogP contribution < -0.4 is 0 Å². The van der Waals surface area contributed by atoms with Crippen molar-refractivity contribution in [3.63, 3.8) is 0 Å². The molecular weight excluding hydrogens is 152 g/mol. The second kappa shape index (κ2) is 3.04. The summed E-state index contributed by atoms with van der Waals surface area (Å²) < 4.78 is 4.64. The van der Waals surface area contributed by atoms with E-state index in [0.29, 0.717) is 0 Å². The Morgan fingerprint density at radius 2 is 2.09 bits per heavy atom. The van der Waals surface area contributed by atoms with Gasteiger partial charge in [-0.15, -0.1) is 0 Å². The van der Waals surface area contributed by atoms with Crippen molar-refractivity contribution < 1.29 is 25.2 Å². The number of hydrogen-bond acceptors (Lipinski definition) is 5. The van der Waals surface area contributed by atoms with Gasteiger partial charge in [-0.1, -0.05) is 0 Å². The van der Waals surface area contributed by atoms with Crippen molar-refractivity contribution in [2.45, 2.75) is 24.4 Å². The van der Waals surface area contributed by atoms with Gasteiger partial charge in [-0.2, -0.15) is 0 Å². The van der Waals surface area contributed by atoms with Gasteiger partial charge < -0.3 is 25.2 Å². The molecule has 0 saturated carbocycles. The maximum atomic E-state index is 9.23. The van der Waals surface area contributed by atoms with E-state index in [9.17, 15) is 5.11 Å². The van der Waals surface area contributed by atoms with E-state index in [0.717, 1.165) is 0 Å². The Bertz CT molecular complexity index is 139. The third kappa shape index (κ3) is 1.69. The van der Waals surface area contributed by atoms with Crippen LogP contribution in [0.3, 0.4) is 0 Å². The Hall–Kier alpha value is -0.200. The van der Waals surface area contributed by atoms with E-state index >= 15 is 0 Å². The minimum atomic E-state index is -1.89. The SMILES string of the molecule is OC[C@@]1(O)OC[C@@H](O)C[C@@H]1O. The molecule has 11 heavy (non-hydrogen) atoms. The van der Waals surface area contributed by atoms with Crippen LogP contribution in [0.15, 0.2) is 0 Å². The lowest BCUT2D eigenvalue weighted by atomic mass is 10.0. The number of ether oxygens (including phenoxy) is 1. The molecule has 0 aromatic rings. The van der Waals surface area contributed by atoms with Gasteiger partial charge in [-0.3, -0.25) is 0 Å². The average Bonchev–Trinajstić information content (AvgIpc) is 1.98. The van der Waals surface area contributed by atoms with Gasteiger partial charge in [0.25, 0.3) is 0 Å². The first-order valence-corrected chi connectivity index (χ1v) is 3.42. The number of hydrogen-bond donors (Lipinski definition) is 4. The van der Waals surface area contributed by atoms with E-state index in [-0.39, 0.29) is 13.0 Å². The summed E-state index contributed by atoms with van der Waals surface area (Å²) in [7, 11) is 0. The van der Waals surface area contributed by atoms with Crippen LogP contribution in [0.25, 0.3) is 0 Å². The first kappa shape index (κ1) is 8.89. The highest BCUT2D eigenvalue weighted by Gasteiger charge is 2.41. The van der Waals surface area contributed by atoms with E-state index in [1.807, 2.05) is 0 Å². The zero-order valence-electron chi connectivity index (χ0n) is 5.97. The van der Waals surface area contributed by atoms with Gasteiger partial charge in [-0.05, 0) is 0 Å². The fraction of sp³-hybridized carbons (Fsp3) is 1.00. The van der Waals surface area contributed by atoms with Crippen LogP contribution in [0.2, 0.25) is 0 Å². The summed E-state index contributed by atoms with van der Waals surface area (Å²) in [4.78, 5) is 0. The van der Waals surface area contributed by atoms with Crippen molar-refractivity contribution in [2.75, 3.05) is 13.2 Å². The molecule has 5 heteroatoms. The highest BCUT2D eigenvalue weighted by Crippen LogP contribution is 2.22. The Labute approximate surface area is 63.8 Å². The predicted octanol–water partition coefficient (Wildman–Crippen LogP) is -2.19. The molecule has 1 aliphatic rings. The Balaban J connectivity index is 2.56. The van der Waals surface area contributed by atoms with Gasteiger partial charge in [0.05, 0.1) is 19.3 Å².